The van der Waals surface area contributed by atoms with Crippen LogP contribution in [-0.2, 0) is 9.09 Å². The van der Waals surface area contributed by atoms with E-state index in [1.54, 1.807) is 6.66 Å². The zero-order chi connectivity index (χ0) is 9.03. The van der Waals surface area contributed by atoms with Crippen molar-refractivity contribution in [3.8, 4) is 0 Å². The van der Waals surface area contributed by atoms with Crippen LogP contribution in [0, 0.1) is 0 Å². The number of rotatable bonds is 3. The average molecular weight is 249 g/mol. The van der Waals surface area contributed by atoms with Gasteiger partial charge >= 0.3 is 78.2 Å². The Labute approximate surface area is 78.5 Å². The summed E-state index contributed by atoms with van der Waals surface area (Å²) in [6.07, 6.45) is 0. The molecule has 1 aromatic rings. The molecule has 0 fully saturated rings. The van der Waals surface area contributed by atoms with Gasteiger partial charge in [0.1, 0.15) is 0 Å². The van der Waals surface area contributed by atoms with Crippen molar-refractivity contribution in [2.45, 2.75) is 0 Å². The van der Waals surface area contributed by atoms with Crippen molar-refractivity contribution in [2.24, 2.45) is 0 Å². The van der Waals surface area contributed by atoms with E-state index in [-0.39, 0.29) is 14.5 Å². The topological polar surface area (TPSA) is 26.3 Å². The van der Waals surface area contributed by atoms with Crippen molar-refractivity contribution in [3.05, 3.63) is 30.3 Å². The molecule has 0 radical (unpaired) electrons. The summed E-state index contributed by atoms with van der Waals surface area (Å²) in [5, 5.41) is 0. The molecule has 0 aliphatic rings. The first kappa shape index (κ1) is 10.0. The predicted octanol–water partition coefficient (Wildman–Crippen LogP) is 1.49. The Hall–Kier alpha value is -0.0705. The van der Waals surface area contributed by atoms with Crippen molar-refractivity contribution in [3.63, 3.8) is 0 Å². The van der Waals surface area contributed by atoms with E-state index < -0.39 is 6.06 Å². The van der Waals surface area contributed by atoms with Crippen LogP contribution in [0.25, 0.3) is 0 Å². The van der Waals surface area contributed by atoms with Gasteiger partial charge in [0.25, 0.3) is 0 Å². The van der Waals surface area contributed by atoms with Gasteiger partial charge in [0, 0.05) is 0 Å². The monoisotopic (exact) mass is 250 g/mol. The maximum atomic E-state index is 11.6. The molecular formula is C8H11O2PSe. The van der Waals surface area contributed by atoms with Gasteiger partial charge in [-0.25, -0.2) is 0 Å². The van der Waals surface area contributed by atoms with E-state index in [1.165, 1.54) is 7.11 Å². The fraction of sp³-hybridized carbons (Fsp3) is 0.250. The predicted molar refractivity (Wildman–Crippen MR) is 52.4 cm³/mol. The zero-order valence-corrected chi connectivity index (χ0v) is 9.67. The van der Waals surface area contributed by atoms with Gasteiger partial charge in [0.05, 0.1) is 0 Å². The van der Waals surface area contributed by atoms with Crippen molar-refractivity contribution < 1.29 is 9.09 Å². The molecule has 4 heteroatoms. The van der Waals surface area contributed by atoms with E-state index in [0.29, 0.717) is 0 Å². The summed E-state index contributed by atoms with van der Waals surface area (Å²) in [5.74, 6) is 0. The molecule has 0 aliphatic heterocycles. The Morgan fingerprint density at radius 3 is 2.42 bits per heavy atom. The molecule has 0 saturated carbocycles. The Balaban J connectivity index is 2.71. The Morgan fingerprint density at radius 2 is 1.92 bits per heavy atom. The van der Waals surface area contributed by atoms with Crippen LogP contribution in [-0.4, -0.2) is 28.3 Å². The van der Waals surface area contributed by atoms with Gasteiger partial charge in [0.2, 0.25) is 0 Å². The van der Waals surface area contributed by atoms with E-state index in [4.69, 9.17) is 4.52 Å². The molecule has 0 saturated heterocycles. The van der Waals surface area contributed by atoms with Crippen LogP contribution in [0.5, 0.6) is 0 Å². The van der Waals surface area contributed by atoms with Crippen LogP contribution in [0.2, 0.25) is 0 Å². The van der Waals surface area contributed by atoms with Gasteiger partial charge in [-0.05, 0) is 0 Å². The normalized spacial score (nSPS) is 15.5. The van der Waals surface area contributed by atoms with E-state index in [1.807, 2.05) is 30.3 Å². The van der Waals surface area contributed by atoms with Gasteiger partial charge < -0.3 is 0 Å². The third kappa shape index (κ3) is 3.12. The Kier molecular flexibility index (Phi) is 3.54. The molecule has 0 bridgehead atoms. The molecule has 0 N–H and O–H groups in total. The zero-order valence-electron chi connectivity index (χ0n) is 7.06. The third-order valence-electron chi connectivity index (χ3n) is 1.35. The fourth-order valence-corrected chi connectivity index (χ4v) is 5.26. The van der Waals surface area contributed by atoms with Crippen LogP contribution in [0.4, 0.5) is 0 Å². The van der Waals surface area contributed by atoms with Crippen molar-refractivity contribution in [1.82, 2.24) is 0 Å². The summed E-state index contributed by atoms with van der Waals surface area (Å²) in [5.41, 5.74) is 0. The van der Waals surface area contributed by atoms with Gasteiger partial charge in [0.15, 0.2) is 0 Å². The van der Waals surface area contributed by atoms with Crippen molar-refractivity contribution in [1.29, 1.82) is 0 Å². The van der Waals surface area contributed by atoms with E-state index in [2.05, 4.69) is 0 Å². The van der Waals surface area contributed by atoms with E-state index >= 15 is 0 Å². The SMILES string of the molecule is COP(C)(=O)[Se]c1ccccc1. The minimum absolute atomic E-state index is 0.0526. The molecule has 1 atom stereocenters. The van der Waals surface area contributed by atoms with E-state index in [9.17, 15) is 4.57 Å². The van der Waals surface area contributed by atoms with Gasteiger partial charge in [-0.1, -0.05) is 0 Å². The van der Waals surface area contributed by atoms with Crippen LogP contribution in [0.1, 0.15) is 0 Å². The van der Waals surface area contributed by atoms with Gasteiger partial charge in [-0.15, -0.1) is 0 Å². The summed E-state index contributed by atoms with van der Waals surface area (Å²) in [7, 11) is 1.51. The number of hydrogen-bond acceptors (Lipinski definition) is 2. The minimum atomic E-state index is -2.33. The van der Waals surface area contributed by atoms with Crippen LogP contribution >= 0.6 is 6.06 Å². The van der Waals surface area contributed by atoms with Crippen molar-refractivity contribution >= 4 is 25.0 Å². The molecule has 0 aliphatic carbocycles. The number of hydrogen-bond donors (Lipinski definition) is 0. The van der Waals surface area contributed by atoms with Crippen LogP contribution < -0.4 is 4.46 Å². The van der Waals surface area contributed by atoms with E-state index in [0.717, 1.165) is 4.46 Å². The summed E-state index contributed by atoms with van der Waals surface area (Å²) in [6.45, 7) is 1.68. The fourth-order valence-electron chi connectivity index (χ4n) is 0.710. The summed E-state index contributed by atoms with van der Waals surface area (Å²) in [6, 6.07) is 7.48. The second kappa shape index (κ2) is 4.25. The first-order valence-electron chi connectivity index (χ1n) is 3.52. The molecule has 1 aromatic carbocycles. The first-order valence-corrected chi connectivity index (χ1v) is 8.66. The standard InChI is InChI=1S/C8H11O2PSe/c1-10-11(2,9)12-8-6-4-3-5-7-8/h3-7H,1-2H3. The molecule has 1 unspecified atom stereocenters. The summed E-state index contributed by atoms with van der Waals surface area (Å²) < 4.78 is 17.6. The van der Waals surface area contributed by atoms with Gasteiger partial charge in [-0.3, -0.25) is 0 Å². The maximum absolute atomic E-state index is 11.6. The molecule has 0 heterocycles. The molecular weight excluding hydrogens is 238 g/mol. The molecule has 0 amide bonds. The number of benzene rings is 1. The quantitative estimate of drug-likeness (QED) is 0.599. The molecule has 2 nitrogen and oxygen atoms in total. The van der Waals surface area contributed by atoms with Crippen LogP contribution in [0.15, 0.2) is 30.3 Å². The molecule has 1 rings (SSSR count). The van der Waals surface area contributed by atoms with Crippen LogP contribution in [0.3, 0.4) is 0 Å². The van der Waals surface area contributed by atoms with Crippen molar-refractivity contribution in [2.75, 3.05) is 13.8 Å². The Morgan fingerprint density at radius 1 is 1.33 bits per heavy atom. The molecule has 12 heavy (non-hydrogen) atoms. The Bertz CT molecular complexity index is 286. The molecule has 0 aromatic heterocycles. The summed E-state index contributed by atoms with van der Waals surface area (Å²) in [4.78, 5) is 0. The third-order valence-corrected chi connectivity index (χ3v) is 7.48. The molecule has 0 spiro atoms. The summed E-state index contributed by atoms with van der Waals surface area (Å²) >= 11 is -0.0526. The second-order valence-corrected chi connectivity index (χ2v) is 10.8. The first-order chi connectivity index (χ1) is 5.64. The van der Waals surface area contributed by atoms with Gasteiger partial charge in [-0.2, -0.15) is 0 Å². The molecule has 66 valence electrons. The second-order valence-electron chi connectivity index (χ2n) is 2.36. The average Bonchev–Trinajstić information content (AvgIpc) is 2.06.